The summed E-state index contributed by atoms with van der Waals surface area (Å²) in [5, 5.41) is 1.62. The fraction of sp³-hybridized carbons (Fsp3) is 0.300. The molecular weight excluding hydrogens is 366 g/mol. The minimum Gasteiger partial charge on any atom is -0.475 e. The highest BCUT2D eigenvalue weighted by Gasteiger charge is 2.27. The first-order valence-electron chi connectivity index (χ1n) is 8.81. The predicted octanol–water partition coefficient (Wildman–Crippen LogP) is 3.15. The fourth-order valence-electron chi connectivity index (χ4n) is 3.29. The summed E-state index contributed by atoms with van der Waals surface area (Å²) in [6.45, 7) is 1.86. The van der Waals surface area contributed by atoms with Gasteiger partial charge in [0.25, 0.3) is 5.91 Å². The molecule has 2 aromatic heterocycles. The van der Waals surface area contributed by atoms with Crippen LogP contribution in [-0.2, 0) is 11.8 Å². The van der Waals surface area contributed by atoms with Gasteiger partial charge in [-0.05, 0) is 18.2 Å². The topological polar surface area (TPSA) is 56.6 Å². The summed E-state index contributed by atoms with van der Waals surface area (Å²) in [4.78, 5) is 19.0. The summed E-state index contributed by atoms with van der Waals surface area (Å²) in [6.07, 6.45) is 1.34. The van der Waals surface area contributed by atoms with E-state index in [2.05, 4.69) is 4.98 Å². The first-order valence-corrected chi connectivity index (χ1v) is 9.19. The number of morpholine rings is 1. The van der Waals surface area contributed by atoms with E-state index < -0.39 is 0 Å². The van der Waals surface area contributed by atoms with Crippen molar-refractivity contribution < 1.29 is 14.3 Å². The molecule has 1 amide bonds. The van der Waals surface area contributed by atoms with Crippen molar-refractivity contribution in [2.24, 2.45) is 7.05 Å². The molecule has 1 unspecified atom stereocenters. The van der Waals surface area contributed by atoms with Gasteiger partial charge in [-0.1, -0.05) is 29.8 Å². The van der Waals surface area contributed by atoms with Crippen molar-refractivity contribution in [2.45, 2.75) is 6.10 Å². The first kappa shape index (κ1) is 17.8. The molecular formula is C20H20ClN3O3. The maximum absolute atomic E-state index is 13.0. The number of amides is 1. The van der Waals surface area contributed by atoms with Crippen LogP contribution in [0.15, 0.2) is 48.7 Å². The van der Waals surface area contributed by atoms with E-state index in [1.54, 1.807) is 12.1 Å². The van der Waals surface area contributed by atoms with Crippen molar-refractivity contribution in [3.63, 3.8) is 0 Å². The molecule has 7 heteroatoms. The quantitative estimate of drug-likeness (QED) is 0.692. The molecule has 0 aliphatic carbocycles. The molecule has 3 aromatic rings. The molecule has 6 nitrogen and oxygen atoms in total. The molecule has 1 aliphatic rings. The predicted molar refractivity (Wildman–Crippen MR) is 103 cm³/mol. The lowest BCUT2D eigenvalue weighted by molar-refractivity contribution is -0.0409. The van der Waals surface area contributed by atoms with Gasteiger partial charge in [-0.25, -0.2) is 4.98 Å². The lowest BCUT2D eigenvalue weighted by atomic mass is 10.2. The summed E-state index contributed by atoms with van der Waals surface area (Å²) in [5.74, 6) is 0.492. The molecule has 0 bridgehead atoms. The van der Waals surface area contributed by atoms with Crippen LogP contribution in [0.2, 0.25) is 5.02 Å². The van der Waals surface area contributed by atoms with Crippen LogP contribution in [0.5, 0.6) is 5.88 Å². The smallest absolute Gasteiger partial charge is 0.270 e. The lowest BCUT2D eigenvalue weighted by Gasteiger charge is -2.32. The third kappa shape index (κ3) is 3.77. The largest absolute Gasteiger partial charge is 0.475 e. The number of pyridine rings is 1. The molecule has 1 saturated heterocycles. The average Bonchev–Trinajstić information content (AvgIpc) is 3.04. The highest BCUT2D eigenvalue weighted by atomic mass is 35.5. The van der Waals surface area contributed by atoms with E-state index in [-0.39, 0.29) is 12.0 Å². The van der Waals surface area contributed by atoms with Crippen molar-refractivity contribution in [3.8, 4) is 5.88 Å². The fourth-order valence-corrected chi connectivity index (χ4v) is 3.40. The molecule has 0 saturated carbocycles. The third-order valence-corrected chi connectivity index (χ3v) is 4.94. The van der Waals surface area contributed by atoms with Crippen LogP contribution in [0.1, 0.15) is 10.5 Å². The maximum Gasteiger partial charge on any atom is 0.270 e. The molecule has 3 heterocycles. The van der Waals surface area contributed by atoms with Crippen LogP contribution in [0, 0.1) is 0 Å². The number of aryl methyl sites for hydroxylation is 1. The highest BCUT2D eigenvalue weighted by molar-refractivity contribution is 6.30. The van der Waals surface area contributed by atoms with E-state index in [4.69, 9.17) is 21.1 Å². The molecule has 0 N–H and O–H groups in total. The van der Waals surface area contributed by atoms with Crippen molar-refractivity contribution in [1.82, 2.24) is 14.5 Å². The summed E-state index contributed by atoms with van der Waals surface area (Å²) < 4.78 is 13.4. The zero-order chi connectivity index (χ0) is 18.8. The van der Waals surface area contributed by atoms with Crippen molar-refractivity contribution in [2.75, 3.05) is 26.3 Å². The normalized spacial score (nSPS) is 17.3. The van der Waals surface area contributed by atoms with E-state index in [1.165, 1.54) is 6.20 Å². The minimum absolute atomic E-state index is 0.00613. The number of aromatic nitrogens is 2. The number of nitrogens with zero attached hydrogens (tertiary/aromatic N) is 3. The number of benzene rings is 1. The van der Waals surface area contributed by atoms with E-state index in [0.717, 1.165) is 10.9 Å². The second-order valence-electron chi connectivity index (χ2n) is 6.52. The number of hydrogen-bond donors (Lipinski definition) is 0. The van der Waals surface area contributed by atoms with Crippen molar-refractivity contribution in [3.05, 3.63) is 59.4 Å². The molecule has 27 heavy (non-hydrogen) atoms. The molecule has 1 aromatic carbocycles. The Labute approximate surface area is 162 Å². The van der Waals surface area contributed by atoms with Crippen LogP contribution < -0.4 is 4.74 Å². The van der Waals surface area contributed by atoms with Gasteiger partial charge in [0.1, 0.15) is 18.4 Å². The van der Waals surface area contributed by atoms with Gasteiger partial charge in [0.05, 0.1) is 18.2 Å². The number of halogens is 1. The summed E-state index contributed by atoms with van der Waals surface area (Å²) >= 11 is 5.83. The third-order valence-electron chi connectivity index (χ3n) is 4.71. The Kier molecular flexibility index (Phi) is 5.01. The zero-order valence-electron chi connectivity index (χ0n) is 15.0. The van der Waals surface area contributed by atoms with Crippen LogP contribution in [0.25, 0.3) is 10.9 Å². The Hall–Kier alpha value is -2.57. The van der Waals surface area contributed by atoms with Gasteiger partial charge in [0.2, 0.25) is 5.88 Å². The number of carbonyl (C=O) groups is 1. The molecule has 4 rings (SSSR count). The van der Waals surface area contributed by atoms with E-state index in [0.29, 0.717) is 42.9 Å². The van der Waals surface area contributed by atoms with Gasteiger partial charge in [-0.3, -0.25) is 4.79 Å². The first-order chi connectivity index (χ1) is 13.1. The molecule has 1 aliphatic heterocycles. The Morgan fingerprint density at radius 2 is 2.19 bits per heavy atom. The second-order valence-corrected chi connectivity index (χ2v) is 6.95. The highest BCUT2D eigenvalue weighted by Crippen LogP contribution is 2.21. The van der Waals surface area contributed by atoms with Gasteiger partial charge < -0.3 is 18.9 Å². The number of fused-ring (bicyclic) bond motifs is 1. The van der Waals surface area contributed by atoms with E-state index in [9.17, 15) is 4.79 Å². The van der Waals surface area contributed by atoms with Gasteiger partial charge in [-0.2, -0.15) is 0 Å². The van der Waals surface area contributed by atoms with Gasteiger partial charge in [-0.15, -0.1) is 0 Å². The standard InChI is InChI=1S/C20H20ClN3O3/c1-23-17-5-3-2-4-14(17)10-18(23)20(25)24-8-9-26-16(12-24)13-27-19-7-6-15(21)11-22-19/h2-7,10-11,16H,8-9,12-13H2,1H3. The van der Waals surface area contributed by atoms with Crippen LogP contribution in [-0.4, -0.2) is 52.8 Å². The minimum atomic E-state index is -0.199. The molecule has 0 spiro atoms. The van der Waals surface area contributed by atoms with Gasteiger partial charge in [0.15, 0.2) is 0 Å². The van der Waals surface area contributed by atoms with E-state index in [1.807, 2.05) is 46.8 Å². The zero-order valence-corrected chi connectivity index (χ0v) is 15.7. The number of ether oxygens (including phenoxy) is 2. The Morgan fingerprint density at radius 1 is 1.33 bits per heavy atom. The molecule has 140 valence electrons. The van der Waals surface area contributed by atoms with Gasteiger partial charge in [0, 0.05) is 36.8 Å². The Balaban J connectivity index is 1.43. The number of carbonyl (C=O) groups excluding carboxylic acids is 1. The van der Waals surface area contributed by atoms with E-state index >= 15 is 0 Å². The van der Waals surface area contributed by atoms with Crippen molar-refractivity contribution in [1.29, 1.82) is 0 Å². The SMILES string of the molecule is Cn1c(C(=O)N2CCOC(COc3ccc(Cl)cn3)C2)cc2ccccc21. The average molecular weight is 386 g/mol. The molecule has 1 atom stereocenters. The van der Waals surface area contributed by atoms with Crippen LogP contribution >= 0.6 is 11.6 Å². The van der Waals surface area contributed by atoms with Crippen LogP contribution in [0.3, 0.4) is 0 Å². The number of para-hydroxylation sites is 1. The Bertz CT molecular complexity index is 955. The van der Waals surface area contributed by atoms with Gasteiger partial charge >= 0.3 is 0 Å². The lowest BCUT2D eigenvalue weighted by Crippen LogP contribution is -2.48. The Morgan fingerprint density at radius 3 is 2.96 bits per heavy atom. The summed E-state index contributed by atoms with van der Waals surface area (Å²) in [7, 11) is 1.92. The van der Waals surface area contributed by atoms with Crippen LogP contribution in [0.4, 0.5) is 0 Å². The monoisotopic (exact) mass is 385 g/mol. The number of hydrogen-bond acceptors (Lipinski definition) is 4. The summed E-state index contributed by atoms with van der Waals surface area (Å²) in [6, 6.07) is 13.4. The maximum atomic E-state index is 13.0. The summed E-state index contributed by atoms with van der Waals surface area (Å²) in [5.41, 5.74) is 1.72. The van der Waals surface area contributed by atoms with Crippen molar-refractivity contribution >= 4 is 28.4 Å². The molecule has 0 radical (unpaired) electrons. The number of rotatable bonds is 4. The molecule has 1 fully saturated rings. The second kappa shape index (κ2) is 7.58.